The molecule has 1 aromatic heterocycles. The molecule has 5 nitrogen and oxygen atoms in total. The molecule has 1 heterocycles. The highest BCUT2D eigenvalue weighted by atomic mass is 127. The van der Waals surface area contributed by atoms with Crippen LogP contribution in [0.3, 0.4) is 0 Å². The SMILES string of the molecule is CCNC(=NCc1ccco1)NCCCCOCc1ccccc1.I. The lowest BCUT2D eigenvalue weighted by Gasteiger charge is -2.11. The predicted octanol–water partition coefficient (Wildman–Crippen LogP) is 3.95. The van der Waals surface area contributed by atoms with E-state index in [1.165, 1.54) is 5.56 Å². The van der Waals surface area contributed by atoms with Gasteiger partial charge in [0.25, 0.3) is 0 Å². The summed E-state index contributed by atoms with van der Waals surface area (Å²) in [5.41, 5.74) is 1.22. The molecule has 0 radical (unpaired) electrons. The molecule has 1 aromatic carbocycles. The molecular weight excluding hydrogens is 429 g/mol. The van der Waals surface area contributed by atoms with Crippen LogP contribution < -0.4 is 10.6 Å². The number of ether oxygens (including phenoxy) is 1. The number of unbranched alkanes of at least 4 members (excludes halogenated alkanes) is 1. The minimum absolute atomic E-state index is 0. The molecule has 138 valence electrons. The molecule has 0 amide bonds. The van der Waals surface area contributed by atoms with Gasteiger partial charge in [-0.05, 0) is 37.5 Å². The first-order valence-corrected chi connectivity index (χ1v) is 8.54. The van der Waals surface area contributed by atoms with Crippen LogP contribution in [-0.2, 0) is 17.9 Å². The molecule has 2 N–H and O–H groups in total. The van der Waals surface area contributed by atoms with Crippen molar-refractivity contribution in [1.29, 1.82) is 0 Å². The third-order valence-corrected chi connectivity index (χ3v) is 3.44. The molecule has 2 rings (SSSR count). The van der Waals surface area contributed by atoms with Gasteiger partial charge in [-0.15, -0.1) is 24.0 Å². The van der Waals surface area contributed by atoms with E-state index in [-0.39, 0.29) is 24.0 Å². The van der Waals surface area contributed by atoms with Gasteiger partial charge < -0.3 is 19.8 Å². The van der Waals surface area contributed by atoms with Crippen molar-refractivity contribution in [3.8, 4) is 0 Å². The monoisotopic (exact) mass is 457 g/mol. The van der Waals surface area contributed by atoms with Gasteiger partial charge in [-0.1, -0.05) is 30.3 Å². The van der Waals surface area contributed by atoms with Crippen molar-refractivity contribution in [1.82, 2.24) is 10.6 Å². The zero-order chi connectivity index (χ0) is 16.9. The number of hydrogen-bond acceptors (Lipinski definition) is 3. The summed E-state index contributed by atoms with van der Waals surface area (Å²) in [5, 5.41) is 6.57. The van der Waals surface area contributed by atoms with Gasteiger partial charge in [-0.3, -0.25) is 0 Å². The third-order valence-electron chi connectivity index (χ3n) is 3.44. The summed E-state index contributed by atoms with van der Waals surface area (Å²) < 4.78 is 11.0. The minimum Gasteiger partial charge on any atom is -0.467 e. The summed E-state index contributed by atoms with van der Waals surface area (Å²) in [6, 6.07) is 14.1. The van der Waals surface area contributed by atoms with Gasteiger partial charge in [-0.25, -0.2) is 4.99 Å². The lowest BCUT2D eigenvalue weighted by molar-refractivity contribution is 0.117. The largest absolute Gasteiger partial charge is 0.467 e. The molecule has 0 aliphatic rings. The number of nitrogens with zero attached hydrogens (tertiary/aromatic N) is 1. The molecule has 0 saturated heterocycles. The van der Waals surface area contributed by atoms with Crippen molar-refractivity contribution in [3.63, 3.8) is 0 Å². The number of hydrogen-bond donors (Lipinski definition) is 2. The molecule has 2 aromatic rings. The zero-order valence-corrected chi connectivity index (χ0v) is 17.1. The average Bonchev–Trinajstić information content (AvgIpc) is 3.13. The van der Waals surface area contributed by atoms with E-state index in [0.717, 1.165) is 44.3 Å². The molecular formula is C19H28IN3O2. The van der Waals surface area contributed by atoms with Crippen molar-refractivity contribution in [2.75, 3.05) is 19.7 Å². The Hall–Kier alpha value is -1.54. The molecule has 0 aliphatic heterocycles. The highest BCUT2D eigenvalue weighted by molar-refractivity contribution is 14.0. The first-order chi connectivity index (χ1) is 11.9. The molecule has 0 spiro atoms. The van der Waals surface area contributed by atoms with Crippen LogP contribution in [0.2, 0.25) is 0 Å². The highest BCUT2D eigenvalue weighted by Crippen LogP contribution is 2.02. The van der Waals surface area contributed by atoms with Crippen LogP contribution in [0.1, 0.15) is 31.1 Å². The molecule has 0 fully saturated rings. The Morgan fingerprint density at radius 2 is 1.92 bits per heavy atom. The predicted molar refractivity (Wildman–Crippen MR) is 112 cm³/mol. The topological polar surface area (TPSA) is 58.8 Å². The van der Waals surface area contributed by atoms with Crippen molar-refractivity contribution in [2.24, 2.45) is 4.99 Å². The van der Waals surface area contributed by atoms with Crippen molar-refractivity contribution >= 4 is 29.9 Å². The van der Waals surface area contributed by atoms with Crippen molar-refractivity contribution in [2.45, 2.75) is 32.9 Å². The number of guanidine groups is 1. The fourth-order valence-corrected chi connectivity index (χ4v) is 2.20. The maximum absolute atomic E-state index is 5.68. The summed E-state index contributed by atoms with van der Waals surface area (Å²) in [5.74, 6) is 1.68. The third kappa shape index (κ3) is 9.50. The van der Waals surface area contributed by atoms with Gasteiger partial charge in [0.15, 0.2) is 5.96 Å². The van der Waals surface area contributed by atoms with Gasteiger partial charge in [0.2, 0.25) is 0 Å². The average molecular weight is 457 g/mol. The summed E-state index contributed by atoms with van der Waals surface area (Å²) >= 11 is 0. The van der Waals surface area contributed by atoms with E-state index in [9.17, 15) is 0 Å². The Bertz CT molecular complexity index is 574. The normalized spacial score (nSPS) is 11.0. The van der Waals surface area contributed by atoms with E-state index in [0.29, 0.717) is 13.2 Å². The zero-order valence-electron chi connectivity index (χ0n) is 14.7. The highest BCUT2D eigenvalue weighted by Gasteiger charge is 1.99. The molecule has 0 atom stereocenters. The Kier molecular flexibility index (Phi) is 11.8. The molecule has 0 aliphatic carbocycles. The van der Waals surface area contributed by atoms with Crippen LogP contribution in [0.4, 0.5) is 0 Å². The van der Waals surface area contributed by atoms with Crippen LogP contribution in [0.25, 0.3) is 0 Å². The van der Waals surface area contributed by atoms with E-state index in [1.54, 1.807) is 6.26 Å². The van der Waals surface area contributed by atoms with Crippen LogP contribution in [0, 0.1) is 0 Å². The lowest BCUT2D eigenvalue weighted by Crippen LogP contribution is -2.37. The van der Waals surface area contributed by atoms with Crippen LogP contribution >= 0.6 is 24.0 Å². The number of nitrogens with one attached hydrogen (secondary N) is 2. The van der Waals surface area contributed by atoms with Crippen LogP contribution in [-0.4, -0.2) is 25.7 Å². The number of furan rings is 1. The van der Waals surface area contributed by atoms with E-state index >= 15 is 0 Å². The Labute approximate surface area is 167 Å². The van der Waals surface area contributed by atoms with Crippen molar-refractivity contribution < 1.29 is 9.15 Å². The number of rotatable bonds is 10. The fourth-order valence-electron chi connectivity index (χ4n) is 2.20. The summed E-state index contributed by atoms with van der Waals surface area (Å²) in [6.45, 7) is 5.77. The molecule has 25 heavy (non-hydrogen) atoms. The lowest BCUT2D eigenvalue weighted by atomic mass is 10.2. The molecule has 0 saturated carbocycles. The first kappa shape index (κ1) is 21.5. The quantitative estimate of drug-likeness (QED) is 0.246. The van der Waals surface area contributed by atoms with Gasteiger partial charge in [0.1, 0.15) is 12.3 Å². The second-order valence-corrected chi connectivity index (χ2v) is 5.45. The van der Waals surface area contributed by atoms with E-state index in [4.69, 9.17) is 9.15 Å². The van der Waals surface area contributed by atoms with Gasteiger partial charge in [0.05, 0.1) is 12.9 Å². The van der Waals surface area contributed by atoms with E-state index in [2.05, 4.69) is 34.7 Å². The van der Waals surface area contributed by atoms with Gasteiger partial charge >= 0.3 is 0 Å². The van der Waals surface area contributed by atoms with Crippen LogP contribution in [0.5, 0.6) is 0 Å². The fraction of sp³-hybridized carbons (Fsp3) is 0.421. The summed E-state index contributed by atoms with van der Waals surface area (Å²) in [6.07, 6.45) is 3.73. The van der Waals surface area contributed by atoms with E-state index in [1.807, 2.05) is 30.3 Å². The maximum atomic E-state index is 5.68. The second kappa shape index (κ2) is 13.7. The Morgan fingerprint density at radius 3 is 2.64 bits per heavy atom. The second-order valence-electron chi connectivity index (χ2n) is 5.45. The molecule has 6 heteroatoms. The first-order valence-electron chi connectivity index (χ1n) is 8.54. The van der Waals surface area contributed by atoms with Crippen LogP contribution in [0.15, 0.2) is 58.1 Å². The Morgan fingerprint density at radius 1 is 1.08 bits per heavy atom. The van der Waals surface area contributed by atoms with Crippen molar-refractivity contribution in [3.05, 3.63) is 60.1 Å². The smallest absolute Gasteiger partial charge is 0.191 e. The molecule has 0 bridgehead atoms. The van der Waals surface area contributed by atoms with E-state index < -0.39 is 0 Å². The molecule has 0 unspecified atom stereocenters. The minimum atomic E-state index is 0. The Balaban J connectivity index is 0.00000312. The standard InChI is InChI=1S/C19H27N3O2.HI/c1-2-20-19(22-15-18-11-8-14-24-18)21-12-6-7-13-23-16-17-9-4-3-5-10-17;/h3-5,8-11,14H,2,6-7,12-13,15-16H2,1H3,(H2,20,21,22);1H. The number of benzene rings is 1. The maximum Gasteiger partial charge on any atom is 0.191 e. The van der Waals surface area contributed by atoms with Gasteiger partial charge in [-0.2, -0.15) is 0 Å². The summed E-state index contributed by atoms with van der Waals surface area (Å²) in [4.78, 5) is 4.50. The van der Waals surface area contributed by atoms with Gasteiger partial charge in [0, 0.05) is 19.7 Å². The number of aliphatic imine (C=N–C) groups is 1. The number of halogens is 1. The summed E-state index contributed by atoms with van der Waals surface area (Å²) in [7, 11) is 0.